The van der Waals surface area contributed by atoms with Gasteiger partial charge < -0.3 is 10.6 Å². The van der Waals surface area contributed by atoms with E-state index in [9.17, 15) is 4.79 Å². The van der Waals surface area contributed by atoms with Crippen LogP contribution in [0.3, 0.4) is 0 Å². The van der Waals surface area contributed by atoms with Gasteiger partial charge in [-0.05, 0) is 25.8 Å². The van der Waals surface area contributed by atoms with Crippen LogP contribution in [0.2, 0.25) is 0 Å². The van der Waals surface area contributed by atoms with Crippen LogP contribution in [0.5, 0.6) is 0 Å². The first kappa shape index (κ1) is 13.5. The van der Waals surface area contributed by atoms with E-state index in [0.29, 0.717) is 5.92 Å². The van der Waals surface area contributed by atoms with Gasteiger partial charge in [-0.25, -0.2) is 0 Å². The predicted molar refractivity (Wildman–Crippen MR) is 67.4 cm³/mol. The molecular formula is C13H26N2O. The van der Waals surface area contributed by atoms with Crippen molar-refractivity contribution in [1.82, 2.24) is 10.6 Å². The zero-order valence-corrected chi connectivity index (χ0v) is 10.6. The van der Waals surface area contributed by atoms with E-state index in [4.69, 9.17) is 0 Å². The van der Waals surface area contributed by atoms with Crippen molar-refractivity contribution in [2.45, 2.75) is 51.9 Å². The SMILES string of the molecule is CCCCCCCNCCNC(=O)C1CC1. The van der Waals surface area contributed by atoms with Gasteiger partial charge in [-0.2, -0.15) is 0 Å². The molecule has 1 aliphatic carbocycles. The quantitative estimate of drug-likeness (QED) is 0.560. The Kier molecular flexibility index (Phi) is 7.23. The van der Waals surface area contributed by atoms with Crippen LogP contribution >= 0.6 is 0 Å². The molecule has 1 fully saturated rings. The van der Waals surface area contributed by atoms with Gasteiger partial charge in [0.05, 0.1) is 0 Å². The monoisotopic (exact) mass is 226 g/mol. The van der Waals surface area contributed by atoms with Gasteiger partial charge in [0.2, 0.25) is 5.91 Å². The van der Waals surface area contributed by atoms with Crippen LogP contribution < -0.4 is 10.6 Å². The van der Waals surface area contributed by atoms with Gasteiger partial charge in [-0.15, -0.1) is 0 Å². The number of carbonyl (C=O) groups is 1. The molecule has 0 bridgehead atoms. The Hall–Kier alpha value is -0.570. The van der Waals surface area contributed by atoms with E-state index in [1.165, 1.54) is 32.1 Å². The fraction of sp³-hybridized carbons (Fsp3) is 0.923. The molecule has 0 aromatic carbocycles. The molecule has 0 aromatic heterocycles. The Labute approximate surface area is 99.4 Å². The molecule has 1 aliphatic rings. The lowest BCUT2D eigenvalue weighted by Gasteiger charge is -2.06. The van der Waals surface area contributed by atoms with Crippen molar-refractivity contribution in [3.63, 3.8) is 0 Å². The summed E-state index contributed by atoms with van der Waals surface area (Å²) in [4.78, 5) is 11.3. The van der Waals surface area contributed by atoms with Crippen molar-refractivity contribution in [1.29, 1.82) is 0 Å². The minimum atomic E-state index is 0.254. The summed E-state index contributed by atoms with van der Waals surface area (Å²) in [6.07, 6.45) is 8.80. The smallest absolute Gasteiger partial charge is 0.223 e. The average Bonchev–Trinajstić information content (AvgIpc) is 3.10. The Bertz CT molecular complexity index is 190. The highest BCUT2D eigenvalue weighted by atomic mass is 16.2. The predicted octanol–water partition coefficient (Wildman–Crippen LogP) is 2.07. The lowest BCUT2D eigenvalue weighted by atomic mass is 10.1. The Morgan fingerprint density at radius 3 is 2.50 bits per heavy atom. The van der Waals surface area contributed by atoms with Crippen LogP contribution in [0.4, 0.5) is 0 Å². The van der Waals surface area contributed by atoms with Gasteiger partial charge >= 0.3 is 0 Å². The molecule has 0 aliphatic heterocycles. The zero-order valence-electron chi connectivity index (χ0n) is 10.6. The van der Waals surface area contributed by atoms with Crippen LogP contribution in [0.15, 0.2) is 0 Å². The summed E-state index contributed by atoms with van der Waals surface area (Å²) in [6, 6.07) is 0. The molecule has 2 N–H and O–H groups in total. The molecule has 1 saturated carbocycles. The van der Waals surface area contributed by atoms with E-state index >= 15 is 0 Å². The van der Waals surface area contributed by atoms with Crippen molar-refractivity contribution >= 4 is 5.91 Å². The molecule has 1 amide bonds. The molecule has 1 rings (SSSR count). The van der Waals surface area contributed by atoms with Gasteiger partial charge in [0, 0.05) is 19.0 Å². The number of unbranched alkanes of at least 4 members (excludes halogenated alkanes) is 4. The van der Waals surface area contributed by atoms with E-state index in [1.807, 2.05) is 0 Å². The zero-order chi connectivity index (χ0) is 11.6. The van der Waals surface area contributed by atoms with E-state index < -0.39 is 0 Å². The maximum atomic E-state index is 11.3. The van der Waals surface area contributed by atoms with Crippen LogP contribution in [0.25, 0.3) is 0 Å². The van der Waals surface area contributed by atoms with Crippen molar-refractivity contribution in [3.05, 3.63) is 0 Å². The largest absolute Gasteiger partial charge is 0.355 e. The number of hydrogen-bond donors (Lipinski definition) is 2. The first-order valence-electron chi connectivity index (χ1n) is 6.83. The van der Waals surface area contributed by atoms with Crippen LogP contribution in [0.1, 0.15) is 51.9 Å². The molecule has 0 unspecified atom stereocenters. The summed E-state index contributed by atoms with van der Waals surface area (Å²) in [5, 5.41) is 6.32. The second-order valence-corrected chi connectivity index (χ2v) is 4.73. The summed E-state index contributed by atoms with van der Waals surface area (Å²) < 4.78 is 0. The molecule has 0 atom stereocenters. The standard InChI is InChI=1S/C13H26N2O/c1-2-3-4-5-6-9-14-10-11-15-13(16)12-7-8-12/h12,14H,2-11H2,1H3,(H,15,16). The molecule has 16 heavy (non-hydrogen) atoms. The summed E-state index contributed by atoms with van der Waals surface area (Å²) in [7, 11) is 0. The fourth-order valence-electron chi connectivity index (χ4n) is 1.74. The third-order valence-electron chi connectivity index (χ3n) is 3.01. The van der Waals surface area contributed by atoms with Gasteiger partial charge in [-0.3, -0.25) is 4.79 Å². The third-order valence-corrected chi connectivity index (χ3v) is 3.01. The van der Waals surface area contributed by atoms with E-state index in [0.717, 1.165) is 32.5 Å². The lowest BCUT2D eigenvalue weighted by molar-refractivity contribution is -0.122. The molecule has 0 aromatic rings. The van der Waals surface area contributed by atoms with Crippen LogP contribution in [-0.4, -0.2) is 25.5 Å². The molecule has 94 valence electrons. The molecule has 0 spiro atoms. The van der Waals surface area contributed by atoms with Crippen molar-refractivity contribution in [2.24, 2.45) is 5.92 Å². The van der Waals surface area contributed by atoms with Crippen molar-refractivity contribution in [2.75, 3.05) is 19.6 Å². The van der Waals surface area contributed by atoms with E-state index in [-0.39, 0.29) is 5.91 Å². The minimum absolute atomic E-state index is 0.254. The summed E-state index contributed by atoms with van der Waals surface area (Å²) in [5.74, 6) is 0.596. The Morgan fingerprint density at radius 1 is 1.06 bits per heavy atom. The lowest BCUT2D eigenvalue weighted by Crippen LogP contribution is -2.33. The van der Waals surface area contributed by atoms with E-state index in [1.54, 1.807) is 0 Å². The van der Waals surface area contributed by atoms with Gasteiger partial charge in [0.25, 0.3) is 0 Å². The number of nitrogens with one attached hydrogen (secondary N) is 2. The highest BCUT2D eigenvalue weighted by Gasteiger charge is 2.28. The molecule has 0 saturated heterocycles. The molecule has 0 heterocycles. The summed E-state index contributed by atoms with van der Waals surface area (Å²) in [5.41, 5.74) is 0. The summed E-state index contributed by atoms with van der Waals surface area (Å²) in [6.45, 7) is 5.01. The topological polar surface area (TPSA) is 41.1 Å². The number of hydrogen-bond acceptors (Lipinski definition) is 2. The Morgan fingerprint density at radius 2 is 1.81 bits per heavy atom. The minimum Gasteiger partial charge on any atom is -0.355 e. The number of rotatable bonds is 10. The number of amides is 1. The molecule has 3 nitrogen and oxygen atoms in total. The average molecular weight is 226 g/mol. The first-order chi connectivity index (χ1) is 7.84. The van der Waals surface area contributed by atoms with Crippen LogP contribution in [0, 0.1) is 5.92 Å². The number of carbonyl (C=O) groups excluding carboxylic acids is 1. The highest BCUT2D eigenvalue weighted by molar-refractivity contribution is 5.80. The first-order valence-corrected chi connectivity index (χ1v) is 6.83. The maximum Gasteiger partial charge on any atom is 0.223 e. The summed E-state index contributed by atoms with van der Waals surface area (Å²) >= 11 is 0. The fourth-order valence-corrected chi connectivity index (χ4v) is 1.74. The highest BCUT2D eigenvalue weighted by Crippen LogP contribution is 2.28. The molecule has 0 radical (unpaired) electrons. The van der Waals surface area contributed by atoms with Crippen LogP contribution in [-0.2, 0) is 4.79 Å². The maximum absolute atomic E-state index is 11.3. The second-order valence-electron chi connectivity index (χ2n) is 4.73. The third kappa shape index (κ3) is 6.83. The molecular weight excluding hydrogens is 200 g/mol. The Balaban J connectivity index is 1.72. The normalized spacial score (nSPS) is 15.1. The van der Waals surface area contributed by atoms with Gasteiger partial charge in [0.15, 0.2) is 0 Å². The second kappa shape index (κ2) is 8.57. The van der Waals surface area contributed by atoms with Gasteiger partial charge in [-0.1, -0.05) is 32.6 Å². The molecule has 3 heteroatoms. The van der Waals surface area contributed by atoms with Crippen molar-refractivity contribution in [3.8, 4) is 0 Å². The van der Waals surface area contributed by atoms with Gasteiger partial charge in [0.1, 0.15) is 0 Å². The van der Waals surface area contributed by atoms with Crippen molar-refractivity contribution < 1.29 is 4.79 Å². The van der Waals surface area contributed by atoms with E-state index in [2.05, 4.69) is 17.6 Å².